The van der Waals surface area contributed by atoms with Gasteiger partial charge in [-0.05, 0) is 31.9 Å². The fourth-order valence-electron chi connectivity index (χ4n) is 2.03. The molecule has 110 valence electrons. The summed E-state index contributed by atoms with van der Waals surface area (Å²) in [4.78, 5) is 18.7. The van der Waals surface area contributed by atoms with Gasteiger partial charge in [0, 0.05) is 26.2 Å². The van der Waals surface area contributed by atoms with E-state index >= 15 is 0 Å². The fourth-order valence-corrected chi connectivity index (χ4v) is 2.22. The zero-order valence-corrected chi connectivity index (χ0v) is 12.6. The maximum absolute atomic E-state index is 12.6. The molecule has 0 spiro atoms. The Morgan fingerprint density at radius 1 is 1.55 bits per heavy atom. The van der Waals surface area contributed by atoms with E-state index in [1.165, 1.54) is 0 Å². The third-order valence-electron chi connectivity index (χ3n) is 3.19. The predicted molar refractivity (Wildman–Crippen MR) is 79.3 cm³/mol. The molecule has 0 atom stereocenters. The number of hydrogen-bond donors (Lipinski definition) is 1. The summed E-state index contributed by atoms with van der Waals surface area (Å²) in [5.74, 6) is 0.553. The van der Waals surface area contributed by atoms with Gasteiger partial charge in [-0.3, -0.25) is 4.79 Å². The molecule has 1 aliphatic rings. The van der Waals surface area contributed by atoms with Crippen molar-refractivity contribution < 1.29 is 9.53 Å². The quantitative estimate of drug-likeness (QED) is 0.840. The summed E-state index contributed by atoms with van der Waals surface area (Å²) in [6.45, 7) is 3.82. The number of amides is 1. The highest BCUT2D eigenvalue weighted by atomic mass is 35.5. The predicted octanol–water partition coefficient (Wildman–Crippen LogP) is 2.42. The molecule has 0 bridgehead atoms. The van der Waals surface area contributed by atoms with Crippen LogP contribution < -0.4 is 5.32 Å². The first-order chi connectivity index (χ1) is 9.67. The molecule has 0 aliphatic heterocycles. The van der Waals surface area contributed by atoms with Crippen molar-refractivity contribution in [1.29, 1.82) is 0 Å². The van der Waals surface area contributed by atoms with Crippen molar-refractivity contribution in [1.82, 2.24) is 9.88 Å². The fraction of sp³-hybridized carbons (Fsp3) is 0.571. The zero-order valence-electron chi connectivity index (χ0n) is 11.9. The number of anilines is 1. The second-order valence-corrected chi connectivity index (χ2v) is 5.19. The van der Waals surface area contributed by atoms with Crippen molar-refractivity contribution >= 4 is 23.3 Å². The first kappa shape index (κ1) is 15.1. The summed E-state index contributed by atoms with van der Waals surface area (Å²) in [6.07, 6.45) is 2.08. The Kier molecular flexibility index (Phi) is 5.20. The smallest absolute Gasteiger partial charge is 0.274 e. The van der Waals surface area contributed by atoms with E-state index in [-0.39, 0.29) is 5.91 Å². The second-order valence-electron chi connectivity index (χ2n) is 4.78. The summed E-state index contributed by atoms with van der Waals surface area (Å²) < 4.78 is 5.07. The molecule has 1 fully saturated rings. The SMILES string of the molecule is CCNc1ccc(Cl)c(C(=O)N(CCOC)C2CC2)n1. The molecule has 2 rings (SSSR count). The molecule has 0 radical (unpaired) electrons. The molecule has 20 heavy (non-hydrogen) atoms. The highest BCUT2D eigenvalue weighted by Gasteiger charge is 2.34. The maximum atomic E-state index is 12.6. The number of hydrogen-bond acceptors (Lipinski definition) is 4. The van der Waals surface area contributed by atoms with Crippen LogP contribution in [0.5, 0.6) is 0 Å². The Labute approximate surface area is 124 Å². The first-order valence-corrected chi connectivity index (χ1v) is 7.25. The molecule has 0 saturated heterocycles. The monoisotopic (exact) mass is 297 g/mol. The van der Waals surface area contributed by atoms with Crippen LogP contribution in [0, 0.1) is 0 Å². The molecule has 6 heteroatoms. The number of ether oxygens (including phenoxy) is 1. The van der Waals surface area contributed by atoms with Gasteiger partial charge in [-0.15, -0.1) is 0 Å². The van der Waals surface area contributed by atoms with Crippen LogP contribution in [0.1, 0.15) is 30.3 Å². The molecule has 1 aliphatic carbocycles. The molecule has 1 saturated carbocycles. The highest BCUT2D eigenvalue weighted by Crippen LogP contribution is 2.29. The number of carbonyl (C=O) groups is 1. The van der Waals surface area contributed by atoms with Crippen LogP contribution in [0.15, 0.2) is 12.1 Å². The number of rotatable bonds is 7. The van der Waals surface area contributed by atoms with Gasteiger partial charge >= 0.3 is 0 Å². The summed E-state index contributed by atoms with van der Waals surface area (Å²) in [7, 11) is 1.63. The number of halogens is 1. The minimum absolute atomic E-state index is 0.116. The van der Waals surface area contributed by atoms with Crippen molar-refractivity contribution in [2.24, 2.45) is 0 Å². The van der Waals surface area contributed by atoms with Gasteiger partial charge in [-0.25, -0.2) is 4.98 Å². The molecule has 1 aromatic rings. The molecule has 1 aromatic heterocycles. The van der Waals surface area contributed by atoms with E-state index in [1.807, 2.05) is 11.8 Å². The largest absolute Gasteiger partial charge is 0.383 e. The van der Waals surface area contributed by atoms with Crippen molar-refractivity contribution in [2.75, 3.05) is 32.1 Å². The van der Waals surface area contributed by atoms with Crippen molar-refractivity contribution in [3.63, 3.8) is 0 Å². The lowest BCUT2D eigenvalue weighted by atomic mass is 10.3. The van der Waals surface area contributed by atoms with E-state index in [4.69, 9.17) is 16.3 Å². The van der Waals surface area contributed by atoms with E-state index < -0.39 is 0 Å². The zero-order chi connectivity index (χ0) is 14.5. The molecular formula is C14H20ClN3O2. The van der Waals surface area contributed by atoms with E-state index in [1.54, 1.807) is 19.2 Å². The van der Waals surface area contributed by atoms with Gasteiger partial charge in [0.1, 0.15) is 11.5 Å². The van der Waals surface area contributed by atoms with Gasteiger partial charge in [0.2, 0.25) is 0 Å². The van der Waals surface area contributed by atoms with Crippen LogP contribution in [0.3, 0.4) is 0 Å². The lowest BCUT2D eigenvalue weighted by Crippen LogP contribution is -2.36. The molecule has 1 N–H and O–H groups in total. The number of methoxy groups -OCH3 is 1. The molecule has 0 aromatic carbocycles. The van der Waals surface area contributed by atoms with Crippen molar-refractivity contribution in [3.8, 4) is 0 Å². The van der Waals surface area contributed by atoms with E-state index in [9.17, 15) is 4.79 Å². The summed E-state index contributed by atoms with van der Waals surface area (Å²) in [5.41, 5.74) is 0.313. The Balaban J connectivity index is 2.18. The minimum atomic E-state index is -0.116. The molecule has 1 amide bonds. The minimum Gasteiger partial charge on any atom is -0.383 e. The Morgan fingerprint density at radius 2 is 2.30 bits per heavy atom. The van der Waals surface area contributed by atoms with Crippen molar-refractivity contribution in [3.05, 3.63) is 22.8 Å². The third-order valence-corrected chi connectivity index (χ3v) is 3.50. The number of nitrogens with one attached hydrogen (secondary N) is 1. The summed E-state index contributed by atoms with van der Waals surface area (Å²) in [6, 6.07) is 3.79. The van der Waals surface area contributed by atoms with Gasteiger partial charge in [0.05, 0.1) is 11.6 Å². The van der Waals surface area contributed by atoms with E-state index in [2.05, 4.69) is 10.3 Å². The Bertz CT molecular complexity index is 477. The normalized spacial score (nSPS) is 14.2. The van der Waals surface area contributed by atoms with Crippen LogP contribution in [0.2, 0.25) is 5.02 Å². The second kappa shape index (κ2) is 6.90. The van der Waals surface area contributed by atoms with Gasteiger partial charge in [0.15, 0.2) is 0 Å². The lowest BCUT2D eigenvalue weighted by molar-refractivity contribution is 0.0675. The highest BCUT2D eigenvalue weighted by molar-refractivity contribution is 6.33. The Hall–Kier alpha value is -1.33. The number of pyridine rings is 1. The first-order valence-electron chi connectivity index (χ1n) is 6.87. The standard InChI is InChI=1S/C14H20ClN3O2/c1-3-16-12-7-6-11(15)13(17-12)14(19)18(8-9-20-2)10-4-5-10/h6-7,10H,3-5,8-9H2,1-2H3,(H,16,17). The van der Waals surface area contributed by atoms with E-state index in [0.29, 0.717) is 35.7 Å². The summed E-state index contributed by atoms with van der Waals surface area (Å²) >= 11 is 6.13. The van der Waals surface area contributed by atoms with E-state index in [0.717, 1.165) is 19.4 Å². The topological polar surface area (TPSA) is 54.5 Å². The molecule has 0 unspecified atom stereocenters. The number of aromatic nitrogens is 1. The van der Waals surface area contributed by atoms with Gasteiger partial charge in [0.25, 0.3) is 5.91 Å². The van der Waals surface area contributed by atoms with Crippen LogP contribution in [0.4, 0.5) is 5.82 Å². The number of carbonyl (C=O) groups excluding carboxylic acids is 1. The third kappa shape index (κ3) is 3.61. The summed E-state index contributed by atoms with van der Waals surface area (Å²) in [5, 5.41) is 3.48. The average molecular weight is 298 g/mol. The lowest BCUT2D eigenvalue weighted by Gasteiger charge is -2.22. The maximum Gasteiger partial charge on any atom is 0.274 e. The average Bonchev–Trinajstić information content (AvgIpc) is 3.26. The molecular weight excluding hydrogens is 278 g/mol. The van der Waals surface area contributed by atoms with Crippen LogP contribution >= 0.6 is 11.6 Å². The van der Waals surface area contributed by atoms with Crippen LogP contribution in [-0.2, 0) is 4.74 Å². The van der Waals surface area contributed by atoms with Gasteiger partial charge in [-0.1, -0.05) is 11.6 Å². The Morgan fingerprint density at radius 3 is 2.90 bits per heavy atom. The molecule has 5 nitrogen and oxygen atoms in total. The molecule has 1 heterocycles. The van der Waals surface area contributed by atoms with Crippen LogP contribution in [-0.4, -0.2) is 48.6 Å². The number of nitrogens with zero attached hydrogens (tertiary/aromatic N) is 2. The van der Waals surface area contributed by atoms with Crippen LogP contribution in [0.25, 0.3) is 0 Å². The van der Waals surface area contributed by atoms with Gasteiger partial charge in [-0.2, -0.15) is 0 Å². The van der Waals surface area contributed by atoms with Gasteiger partial charge < -0.3 is 15.0 Å². The van der Waals surface area contributed by atoms with Crippen molar-refractivity contribution in [2.45, 2.75) is 25.8 Å².